The van der Waals surface area contributed by atoms with Crippen molar-refractivity contribution in [2.75, 3.05) is 33.5 Å². The molecule has 28 heavy (non-hydrogen) atoms. The predicted octanol–water partition coefficient (Wildman–Crippen LogP) is 3.86. The lowest BCUT2D eigenvalue weighted by atomic mass is 10.1. The molecular weight excluding hydrogens is 358 g/mol. The van der Waals surface area contributed by atoms with Crippen LogP contribution in [0, 0.1) is 0 Å². The van der Waals surface area contributed by atoms with Gasteiger partial charge in [-0.15, -0.1) is 0 Å². The van der Waals surface area contributed by atoms with Crippen LogP contribution in [-0.4, -0.2) is 39.4 Å². The van der Waals surface area contributed by atoms with Crippen LogP contribution < -0.4 is 24.3 Å². The Kier molecular flexibility index (Phi) is 8.46. The third-order valence-corrected chi connectivity index (χ3v) is 4.03. The van der Waals surface area contributed by atoms with E-state index >= 15 is 0 Å². The topological polar surface area (TPSA) is 66.0 Å². The van der Waals surface area contributed by atoms with Gasteiger partial charge in [-0.2, -0.15) is 0 Å². The highest BCUT2D eigenvalue weighted by molar-refractivity contribution is 5.94. The monoisotopic (exact) mass is 387 g/mol. The Morgan fingerprint density at radius 3 is 2.07 bits per heavy atom. The van der Waals surface area contributed by atoms with Crippen LogP contribution >= 0.6 is 0 Å². The molecular formula is C22H29NO5. The Morgan fingerprint density at radius 1 is 0.821 bits per heavy atom. The lowest BCUT2D eigenvalue weighted by Gasteiger charge is -2.13. The van der Waals surface area contributed by atoms with E-state index in [9.17, 15) is 4.79 Å². The molecule has 0 saturated carbocycles. The Hall–Kier alpha value is -2.89. The van der Waals surface area contributed by atoms with Crippen LogP contribution in [0.1, 0.15) is 36.7 Å². The van der Waals surface area contributed by atoms with Gasteiger partial charge in [0.1, 0.15) is 0 Å². The summed E-state index contributed by atoms with van der Waals surface area (Å²) < 4.78 is 22.0. The van der Waals surface area contributed by atoms with Gasteiger partial charge < -0.3 is 24.3 Å². The van der Waals surface area contributed by atoms with E-state index in [1.807, 2.05) is 39.0 Å². The number of carbonyl (C=O) groups is 1. The summed E-state index contributed by atoms with van der Waals surface area (Å²) in [6.07, 6.45) is 0.687. The highest BCUT2D eigenvalue weighted by atomic mass is 16.5. The van der Waals surface area contributed by atoms with Crippen molar-refractivity contribution >= 4 is 5.91 Å². The maximum Gasteiger partial charge on any atom is 0.251 e. The average molecular weight is 387 g/mol. The van der Waals surface area contributed by atoms with Gasteiger partial charge in [-0.05, 0) is 63.1 Å². The molecule has 2 rings (SSSR count). The lowest BCUT2D eigenvalue weighted by Crippen LogP contribution is -2.25. The van der Waals surface area contributed by atoms with E-state index in [-0.39, 0.29) is 5.91 Å². The Labute approximate surface area is 166 Å². The van der Waals surface area contributed by atoms with Crippen molar-refractivity contribution in [1.82, 2.24) is 5.32 Å². The Balaban J connectivity index is 1.97. The average Bonchev–Trinajstić information content (AvgIpc) is 2.70. The highest BCUT2D eigenvalue weighted by Crippen LogP contribution is 2.29. The van der Waals surface area contributed by atoms with Gasteiger partial charge in [0.15, 0.2) is 23.0 Å². The summed E-state index contributed by atoms with van der Waals surface area (Å²) >= 11 is 0. The lowest BCUT2D eigenvalue weighted by molar-refractivity contribution is 0.0953. The normalized spacial score (nSPS) is 10.3. The second-order valence-electron chi connectivity index (χ2n) is 5.95. The summed E-state index contributed by atoms with van der Waals surface area (Å²) in [7, 11) is 1.56. The number of carbonyl (C=O) groups excluding carboxylic acids is 1. The van der Waals surface area contributed by atoms with Crippen molar-refractivity contribution in [3.8, 4) is 23.0 Å². The van der Waals surface area contributed by atoms with Crippen molar-refractivity contribution in [3.63, 3.8) is 0 Å². The first-order valence-corrected chi connectivity index (χ1v) is 9.60. The molecule has 1 N–H and O–H groups in total. The van der Waals surface area contributed by atoms with Crippen molar-refractivity contribution in [1.29, 1.82) is 0 Å². The van der Waals surface area contributed by atoms with E-state index < -0.39 is 0 Å². The van der Waals surface area contributed by atoms with Gasteiger partial charge in [-0.25, -0.2) is 0 Å². The molecule has 0 heterocycles. The predicted molar refractivity (Wildman–Crippen MR) is 109 cm³/mol. The Bertz CT molecular complexity index is 776. The van der Waals surface area contributed by atoms with E-state index in [0.29, 0.717) is 49.8 Å². The number of hydrogen-bond donors (Lipinski definition) is 1. The number of benzene rings is 2. The van der Waals surface area contributed by atoms with Crippen molar-refractivity contribution in [2.24, 2.45) is 0 Å². The fraction of sp³-hybridized carbons (Fsp3) is 0.409. The van der Waals surface area contributed by atoms with Gasteiger partial charge in [-0.1, -0.05) is 6.07 Å². The van der Waals surface area contributed by atoms with Gasteiger partial charge >= 0.3 is 0 Å². The van der Waals surface area contributed by atoms with E-state index in [1.54, 1.807) is 25.3 Å². The molecule has 0 aliphatic carbocycles. The number of amides is 1. The minimum absolute atomic E-state index is 0.155. The molecule has 0 radical (unpaired) electrons. The highest BCUT2D eigenvalue weighted by Gasteiger charge is 2.11. The van der Waals surface area contributed by atoms with Crippen LogP contribution in [0.2, 0.25) is 0 Å². The van der Waals surface area contributed by atoms with E-state index in [4.69, 9.17) is 18.9 Å². The molecule has 1 amide bonds. The molecule has 0 saturated heterocycles. The standard InChI is InChI=1S/C22H29NO5/c1-5-26-18-11-9-17(15-20(18)25-4)22(24)23-13-12-16-8-10-19(27-6-2)21(14-16)28-7-3/h8-11,14-15H,5-7,12-13H2,1-4H3,(H,23,24). The van der Waals surface area contributed by atoms with Crippen LogP contribution in [0.3, 0.4) is 0 Å². The van der Waals surface area contributed by atoms with E-state index in [1.165, 1.54) is 0 Å². The van der Waals surface area contributed by atoms with Gasteiger partial charge in [0.05, 0.1) is 26.9 Å². The van der Waals surface area contributed by atoms with Crippen molar-refractivity contribution in [3.05, 3.63) is 47.5 Å². The first-order valence-electron chi connectivity index (χ1n) is 9.60. The second kappa shape index (κ2) is 11.1. The van der Waals surface area contributed by atoms with E-state index in [2.05, 4.69) is 5.32 Å². The van der Waals surface area contributed by atoms with Crippen molar-refractivity contribution in [2.45, 2.75) is 27.2 Å². The van der Waals surface area contributed by atoms with Crippen LogP contribution in [0.5, 0.6) is 23.0 Å². The smallest absolute Gasteiger partial charge is 0.251 e. The van der Waals surface area contributed by atoms with Crippen LogP contribution in [0.15, 0.2) is 36.4 Å². The molecule has 0 bridgehead atoms. The molecule has 0 spiro atoms. The number of methoxy groups -OCH3 is 1. The zero-order chi connectivity index (χ0) is 20.4. The maximum absolute atomic E-state index is 12.4. The summed E-state index contributed by atoms with van der Waals surface area (Å²) in [6.45, 7) is 7.98. The minimum Gasteiger partial charge on any atom is -0.493 e. The molecule has 0 aliphatic heterocycles. The molecule has 0 aromatic heterocycles. The fourth-order valence-corrected chi connectivity index (χ4v) is 2.76. The summed E-state index contributed by atoms with van der Waals surface area (Å²) in [6, 6.07) is 11.0. The molecule has 0 atom stereocenters. The summed E-state index contributed by atoms with van der Waals surface area (Å²) in [5.41, 5.74) is 1.60. The Morgan fingerprint density at radius 2 is 1.43 bits per heavy atom. The summed E-state index contributed by atoms with van der Waals surface area (Å²) in [4.78, 5) is 12.4. The minimum atomic E-state index is -0.155. The van der Waals surface area contributed by atoms with Crippen LogP contribution in [0.4, 0.5) is 0 Å². The van der Waals surface area contributed by atoms with Gasteiger partial charge in [0.25, 0.3) is 5.91 Å². The first-order chi connectivity index (χ1) is 13.6. The second-order valence-corrected chi connectivity index (χ2v) is 5.95. The SMILES string of the molecule is CCOc1ccc(C(=O)NCCc2ccc(OCC)c(OCC)c2)cc1OC. The maximum atomic E-state index is 12.4. The number of ether oxygens (including phenoxy) is 4. The largest absolute Gasteiger partial charge is 0.493 e. The van der Waals surface area contributed by atoms with Crippen LogP contribution in [-0.2, 0) is 6.42 Å². The zero-order valence-electron chi connectivity index (χ0n) is 17.0. The molecule has 2 aromatic rings. The summed E-state index contributed by atoms with van der Waals surface area (Å²) in [5, 5.41) is 2.93. The van der Waals surface area contributed by atoms with Crippen molar-refractivity contribution < 1.29 is 23.7 Å². The molecule has 152 valence electrons. The van der Waals surface area contributed by atoms with Gasteiger partial charge in [-0.3, -0.25) is 4.79 Å². The number of nitrogens with one attached hydrogen (secondary N) is 1. The van der Waals surface area contributed by atoms with Gasteiger partial charge in [0.2, 0.25) is 0 Å². The molecule has 2 aromatic carbocycles. The molecule has 6 heteroatoms. The van der Waals surface area contributed by atoms with Crippen LogP contribution in [0.25, 0.3) is 0 Å². The molecule has 0 unspecified atom stereocenters. The fourth-order valence-electron chi connectivity index (χ4n) is 2.76. The number of hydrogen-bond acceptors (Lipinski definition) is 5. The third kappa shape index (κ3) is 5.81. The molecule has 0 aliphatic rings. The third-order valence-electron chi connectivity index (χ3n) is 4.03. The van der Waals surface area contributed by atoms with E-state index in [0.717, 1.165) is 17.1 Å². The number of rotatable bonds is 11. The van der Waals surface area contributed by atoms with Gasteiger partial charge in [0, 0.05) is 12.1 Å². The summed E-state index contributed by atoms with van der Waals surface area (Å²) in [5.74, 6) is 2.47. The zero-order valence-corrected chi connectivity index (χ0v) is 17.0. The first kappa shape index (κ1) is 21.4. The molecule has 0 fully saturated rings. The molecule has 6 nitrogen and oxygen atoms in total. The quantitative estimate of drug-likeness (QED) is 0.634.